The molecule has 0 aliphatic heterocycles. The maximum Gasteiger partial charge on any atom is 0.337 e. The number of carbonyl (C=O) groups excluding carboxylic acids is 1. The van der Waals surface area contributed by atoms with Crippen LogP contribution < -0.4 is 0 Å². The molecule has 1 heterocycles. The second-order valence-corrected chi connectivity index (χ2v) is 5.94. The lowest BCUT2D eigenvalue weighted by Crippen LogP contribution is -2.00. The third-order valence-electron chi connectivity index (χ3n) is 3.83. The van der Waals surface area contributed by atoms with Crippen LogP contribution in [0.2, 0.25) is 5.02 Å². The van der Waals surface area contributed by atoms with Crippen LogP contribution in [0.1, 0.15) is 21.6 Å². The highest BCUT2D eigenvalue weighted by Crippen LogP contribution is 2.21. The third-order valence-corrected chi connectivity index (χ3v) is 4.23. The fraction of sp³-hybridized carbons (Fsp3) is 0.100. The molecular weight excluding hydrogens is 336 g/mol. The van der Waals surface area contributed by atoms with Gasteiger partial charge in [-0.2, -0.15) is 0 Å². The molecule has 0 spiro atoms. The molecule has 3 aromatic rings. The number of rotatable bonds is 4. The van der Waals surface area contributed by atoms with Gasteiger partial charge >= 0.3 is 5.97 Å². The standard InChI is InChI=1S/C20H17ClN2O2/c1-14-8-9-17(12-19(14)21)23-10-4-7-18(23)13-22-16-6-3-5-15(11-16)20(24)25-2/h3-13H,1-2H3. The van der Waals surface area contributed by atoms with E-state index in [0.29, 0.717) is 11.3 Å². The number of nitrogens with zero attached hydrogens (tertiary/aromatic N) is 2. The molecular formula is C20H17ClN2O2. The average molecular weight is 353 g/mol. The summed E-state index contributed by atoms with van der Waals surface area (Å²) in [6.45, 7) is 1.97. The Balaban J connectivity index is 1.89. The molecule has 0 N–H and O–H groups in total. The van der Waals surface area contributed by atoms with Gasteiger partial charge in [0.1, 0.15) is 0 Å². The summed E-state index contributed by atoms with van der Waals surface area (Å²) in [6, 6.07) is 16.8. The Bertz CT molecular complexity index is 944. The molecule has 0 fully saturated rings. The lowest BCUT2D eigenvalue weighted by molar-refractivity contribution is 0.0601. The molecule has 126 valence electrons. The van der Waals surface area contributed by atoms with Gasteiger partial charge in [0.05, 0.1) is 30.3 Å². The number of methoxy groups -OCH3 is 1. The molecule has 5 heteroatoms. The van der Waals surface area contributed by atoms with Crippen LogP contribution in [-0.2, 0) is 4.74 Å². The highest BCUT2D eigenvalue weighted by Gasteiger charge is 2.06. The minimum atomic E-state index is -0.380. The lowest BCUT2D eigenvalue weighted by Gasteiger charge is -2.08. The fourth-order valence-corrected chi connectivity index (χ4v) is 2.61. The first-order valence-corrected chi connectivity index (χ1v) is 8.12. The predicted octanol–water partition coefficient (Wildman–Crippen LogP) is 4.98. The zero-order chi connectivity index (χ0) is 17.8. The molecule has 0 unspecified atom stereocenters. The first-order valence-electron chi connectivity index (χ1n) is 7.75. The largest absolute Gasteiger partial charge is 0.465 e. The molecule has 3 rings (SSSR count). The number of carbonyl (C=O) groups is 1. The Hall–Kier alpha value is -2.85. The monoisotopic (exact) mass is 352 g/mol. The van der Waals surface area contributed by atoms with E-state index in [0.717, 1.165) is 22.0 Å². The van der Waals surface area contributed by atoms with Crippen LogP contribution in [-0.4, -0.2) is 23.9 Å². The van der Waals surface area contributed by atoms with E-state index in [1.165, 1.54) is 7.11 Å². The number of aliphatic imine (C=N–C) groups is 1. The summed E-state index contributed by atoms with van der Waals surface area (Å²) < 4.78 is 6.73. The van der Waals surface area contributed by atoms with Crippen LogP contribution in [0.25, 0.3) is 5.69 Å². The van der Waals surface area contributed by atoms with Gasteiger partial charge in [-0.3, -0.25) is 4.99 Å². The van der Waals surface area contributed by atoms with Gasteiger partial charge in [-0.1, -0.05) is 23.7 Å². The quantitative estimate of drug-likeness (QED) is 0.491. The van der Waals surface area contributed by atoms with Crippen LogP contribution in [0.15, 0.2) is 65.8 Å². The van der Waals surface area contributed by atoms with E-state index in [1.807, 2.05) is 54.1 Å². The Morgan fingerprint density at radius 3 is 2.76 bits per heavy atom. The minimum absolute atomic E-state index is 0.380. The highest BCUT2D eigenvalue weighted by molar-refractivity contribution is 6.31. The summed E-state index contributed by atoms with van der Waals surface area (Å²) in [5, 5.41) is 0.722. The molecule has 0 saturated carbocycles. The summed E-state index contributed by atoms with van der Waals surface area (Å²) in [5.74, 6) is -0.380. The van der Waals surface area contributed by atoms with Crippen molar-refractivity contribution in [2.45, 2.75) is 6.92 Å². The van der Waals surface area contributed by atoms with E-state index in [-0.39, 0.29) is 5.97 Å². The molecule has 0 aliphatic carbocycles. The van der Waals surface area contributed by atoms with Gasteiger partial charge in [-0.05, 0) is 55.0 Å². The first kappa shape index (κ1) is 17.0. The van der Waals surface area contributed by atoms with E-state index in [1.54, 1.807) is 24.4 Å². The summed E-state index contributed by atoms with van der Waals surface area (Å²) in [4.78, 5) is 16.1. The molecule has 0 atom stereocenters. The number of benzene rings is 2. The van der Waals surface area contributed by atoms with Crippen molar-refractivity contribution in [1.82, 2.24) is 4.57 Å². The van der Waals surface area contributed by atoms with Gasteiger partial charge in [0.25, 0.3) is 0 Å². The Labute approximate surface area is 151 Å². The summed E-state index contributed by atoms with van der Waals surface area (Å²) in [6.07, 6.45) is 3.71. The van der Waals surface area contributed by atoms with Crippen molar-refractivity contribution in [3.63, 3.8) is 0 Å². The van der Waals surface area contributed by atoms with Crippen molar-refractivity contribution in [1.29, 1.82) is 0 Å². The number of aromatic nitrogens is 1. The number of hydrogen-bond acceptors (Lipinski definition) is 3. The maximum absolute atomic E-state index is 11.6. The van der Waals surface area contributed by atoms with Gasteiger partial charge < -0.3 is 9.30 Å². The maximum atomic E-state index is 11.6. The van der Waals surface area contributed by atoms with E-state index >= 15 is 0 Å². The molecule has 25 heavy (non-hydrogen) atoms. The average Bonchev–Trinajstić information content (AvgIpc) is 3.10. The van der Waals surface area contributed by atoms with Gasteiger partial charge in [0.2, 0.25) is 0 Å². The van der Waals surface area contributed by atoms with Gasteiger partial charge in [0, 0.05) is 16.9 Å². The Morgan fingerprint density at radius 1 is 1.16 bits per heavy atom. The zero-order valence-electron chi connectivity index (χ0n) is 13.9. The van der Waals surface area contributed by atoms with Gasteiger partial charge in [-0.15, -0.1) is 0 Å². The van der Waals surface area contributed by atoms with Crippen LogP contribution in [0, 0.1) is 6.92 Å². The van der Waals surface area contributed by atoms with E-state index in [4.69, 9.17) is 16.3 Å². The van der Waals surface area contributed by atoms with Gasteiger partial charge in [-0.25, -0.2) is 4.79 Å². The second kappa shape index (κ2) is 7.36. The van der Waals surface area contributed by atoms with E-state index < -0.39 is 0 Å². The van der Waals surface area contributed by atoms with Gasteiger partial charge in [0.15, 0.2) is 0 Å². The molecule has 0 saturated heterocycles. The molecule has 0 aliphatic rings. The summed E-state index contributed by atoms with van der Waals surface area (Å²) in [5.41, 5.74) is 4.05. The minimum Gasteiger partial charge on any atom is -0.465 e. The van der Waals surface area contributed by atoms with Crippen molar-refractivity contribution in [2.75, 3.05) is 7.11 Å². The van der Waals surface area contributed by atoms with Crippen LogP contribution >= 0.6 is 11.6 Å². The second-order valence-electron chi connectivity index (χ2n) is 5.54. The molecule has 0 bridgehead atoms. The van der Waals surface area contributed by atoms with Crippen LogP contribution in [0.4, 0.5) is 5.69 Å². The molecule has 1 aromatic heterocycles. The van der Waals surface area contributed by atoms with E-state index in [2.05, 4.69) is 4.99 Å². The number of halogens is 1. The highest BCUT2D eigenvalue weighted by atomic mass is 35.5. The molecule has 0 radical (unpaired) electrons. The zero-order valence-corrected chi connectivity index (χ0v) is 14.7. The van der Waals surface area contributed by atoms with Crippen molar-refractivity contribution in [3.8, 4) is 5.69 Å². The Kier molecular flexibility index (Phi) is 5.00. The number of esters is 1. The molecule has 2 aromatic carbocycles. The lowest BCUT2D eigenvalue weighted by atomic mass is 10.2. The van der Waals surface area contributed by atoms with Crippen molar-refractivity contribution in [3.05, 3.63) is 82.6 Å². The first-order chi connectivity index (χ1) is 12.1. The molecule has 4 nitrogen and oxygen atoms in total. The number of aryl methyl sites for hydroxylation is 1. The molecule has 0 amide bonds. The summed E-state index contributed by atoms with van der Waals surface area (Å²) in [7, 11) is 1.36. The van der Waals surface area contributed by atoms with Crippen LogP contribution in [0.3, 0.4) is 0 Å². The van der Waals surface area contributed by atoms with Crippen LogP contribution in [0.5, 0.6) is 0 Å². The number of ether oxygens (including phenoxy) is 1. The topological polar surface area (TPSA) is 43.6 Å². The SMILES string of the molecule is COC(=O)c1cccc(N=Cc2cccn2-c2ccc(C)c(Cl)c2)c1. The number of hydrogen-bond donors (Lipinski definition) is 0. The normalized spacial score (nSPS) is 11.0. The Morgan fingerprint density at radius 2 is 2.00 bits per heavy atom. The fourth-order valence-electron chi connectivity index (χ4n) is 2.44. The predicted molar refractivity (Wildman–Crippen MR) is 101 cm³/mol. The van der Waals surface area contributed by atoms with Crippen molar-refractivity contribution < 1.29 is 9.53 Å². The van der Waals surface area contributed by atoms with Crippen molar-refractivity contribution >= 4 is 29.5 Å². The smallest absolute Gasteiger partial charge is 0.337 e. The van der Waals surface area contributed by atoms with Crippen molar-refractivity contribution in [2.24, 2.45) is 4.99 Å². The third kappa shape index (κ3) is 3.80. The van der Waals surface area contributed by atoms with E-state index in [9.17, 15) is 4.79 Å². The summed E-state index contributed by atoms with van der Waals surface area (Å²) >= 11 is 6.23.